The van der Waals surface area contributed by atoms with Crippen molar-refractivity contribution in [3.8, 4) is 0 Å². The van der Waals surface area contributed by atoms with E-state index in [2.05, 4.69) is 20.7 Å². The molecule has 2 N–H and O–H groups in total. The third kappa shape index (κ3) is 5.00. The number of anilines is 2. The molecule has 9 heteroatoms. The van der Waals surface area contributed by atoms with Crippen LogP contribution in [0.25, 0.3) is 0 Å². The predicted molar refractivity (Wildman–Crippen MR) is 112 cm³/mol. The summed E-state index contributed by atoms with van der Waals surface area (Å²) < 4.78 is 6.95. The molecule has 1 aromatic carbocycles. The van der Waals surface area contributed by atoms with Gasteiger partial charge in [0.25, 0.3) is 5.91 Å². The number of rotatable bonds is 7. The highest BCUT2D eigenvalue weighted by atomic mass is 32.1. The lowest BCUT2D eigenvalue weighted by molar-refractivity contribution is -0.123. The van der Waals surface area contributed by atoms with Crippen molar-refractivity contribution >= 4 is 34.0 Å². The monoisotopic (exact) mass is 413 g/mol. The highest BCUT2D eigenvalue weighted by molar-refractivity contribution is 7.13. The summed E-state index contributed by atoms with van der Waals surface area (Å²) in [5.41, 5.74) is 3.42. The third-order valence-corrected chi connectivity index (χ3v) is 5.21. The number of amides is 1. The van der Waals surface area contributed by atoms with Gasteiger partial charge >= 0.3 is 5.97 Å². The lowest BCUT2D eigenvalue weighted by Crippen LogP contribution is -2.30. The fourth-order valence-corrected chi connectivity index (χ4v) is 3.35. The number of aromatic nitrogens is 3. The van der Waals surface area contributed by atoms with Gasteiger partial charge in [-0.25, -0.2) is 9.78 Å². The summed E-state index contributed by atoms with van der Waals surface area (Å²) >= 11 is 1.31. The molecule has 0 spiro atoms. The van der Waals surface area contributed by atoms with E-state index in [0.29, 0.717) is 23.1 Å². The van der Waals surface area contributed by atoms with E-state index in [1.165, 1.54) is 18.3 Å². The lowest BCUT2D eigenvalue weighted by atomic mass is 10.2. The minimum atomic E-state index is -0.969. The van der Waals surface area contributed by atoms with Gasteiger partial charge in [0, 0.05) is 19.0 Å². The number of carbonyl (C=O) groups is 2. The van der Waals surface area contributed by atoms with Gasteiger partial charge in [-0.1, -0.05) is 30.3 Å². The second kappa shape index (κ2) is 8.87. The number of nitrogens with zero attached hydrogens (tertiary/aromatic N) is 3. The Hall–Kier alpha value is -3.20. The van der Waals surface area contributed by atoms with Crippen molar-refractivity contribution in [2.75, 3.05) is 10.6 Å². The number of benzene rings is 1. The molecule has 0 aliphatic rings. The average molecular weight is 414 g/mol. The van der Waals surface area contributed by atoms with Crippen LogP contribution in [0.15, 0.2) is 35.7 Å². The normalized spacial score (nSPS) is 11.7. The molecular weight excluding hydrogens is 390 g/mol. The molecule has 0 aliphatic heterocycles. The van der Waals surface area contributed by atoms with Crippen molar-refractivity contribution in [3.63, 3.8) is 0 Å². The molecule has 1 amide bonds. The first kappa shape index (κ1) is 20.5. The van der Waals surface area contributed by atoms with E-state index in [1.54, 1.807) is 24.0 Å². The zero-order valence-corrected chi connectivity index (χ0v) is 17.5. The molecule has 2 aromatic heterocycles. The molecule has 1 atom stereocenters. The van der Waals surface area contributed by atoms with Crippen LogP contribution in [-0.4, -0.2) is 32.7 Å². The van der Waals surface area contributed by atoms with Crippen LogP contribution >= 0.6 is 11.3 Å². The first-order chi connectivity index (χ1) is 13.8. The second-order valence-corrected chi connectivity index (χ2v) is 7.44. The zero-order chi connectivity index (χ0) is 21.0. The Morgan fingerprint density at radius 1 is 1.24 bits per heavy atom. The van der Waals surface area contributed by atoms with Crippen LogP contribution in [0, 0.1) is 13.8 Å². The molecule has 0 saturated heterocycles. The minimum absolute atomic E-state index is 0.166. The summed E-state index contributed by atoms with van der Waals surface area (Å²) in [4.78, 5) is 29.0. The van der Waals surface area contributed by atoms with Gasteiger partial charge in [-0.05, 0) is 26.3 Å². The molecule has 3 aromatic rings. The summed E-state index contributed by atoms with van der Waals surface area (Å²) in [6.07, 6.45) is -0.969. The van der Waals surface area contributed by atoms with E-state index >= 15 is 0 Å². The number of esters is 1. The molecule has 2 heterocycles. The van der Waals surface area contributed by atoms with E-state index in [9.17, 15) is 9.59 Å². The minimum Gasteiger partial charge on any atom is -0.448 e. The Labute approximate surface area is 172 Å². The van der Waals surface area contributed by atoms with Crippen molar-refractivity contribution in [2.45, 2.75) is 33.4 Å². The van der Waals surface area contributed by atoms with Crippen LogP contribution in [0.4, 0.5) is 10.8 Å². The van der Waals surface area contributed by atoms with Crippen LogP contribution < -0.4 is 10.6 Å². The molecule has 0 aliphatic carbocycles. The second-order valence-electron chi connectivity index (χ2n) is 6.58. The molecule has 0 saturated carbocycles. The summed E-state index contributed by atoms with van der Waals surface area (Å²) in [5.74, 6) is -1.06. The summed E-state index contributed by atoms with van der Waals surface area (Å²) in [7, 11) is 1.80. The van der Waals surface area contributed by atoms with E-state index < -0.39 is 18.0 Å². The summed E-state index contributed by atoms with van der Waals surface area (Å²) in [5, 5.41) is 12.4. The number of hydrogen-bond donors (Lipinski definition) is 2. The van der Waals surface area contributed by atoms with E-state index in [4.69, 9.17) is 4.74 Å². The van der Waals surface area contributed by atoms with E-state index in [0.717, 1.165) is 11.3 Å². The zero-order valence-electron chi connectivity index (χ0n) is 16.7. The molecular formula is C20H23N5O3S. The maximum atomic E-state index is 12.4. The molecule has 3 rings (SSSR count). The molecule has 0 bridgehead atoms. The fourth-order valence-electron chi connectivity index (χ4n) is 2.68. The summed E-state index contributed by atoms with van der Waals surface area (Å²) in [6.45, 7) is 5.78. The topological polar surface area (TPSA) is 98.1 Å². The third-order valence-electron chi connectivity index (χ3n) is 4.41. The molecule has 0 fully saturated rings. The van der Waals surface area contributed by atoms with Gasteiger partial charge in [-0.2, -0.15) is 5.10 Å². The molecule has 152 valence electrons. The Morgan fingerprint density at radius 3 is 2.62 bits per heavy atom. The first-order valence-corrected chi connectivity index (χ1v) is 9.98. The Balaban J connectivity index is 1.55. The fraction of sp³-hybridized carbons (Fsp3) is 0.300. The largest absolute Gasteiger partial charge is 0.448 e. The van der Waals surface area contributed by atoms with Gasteiger partial charge in [0.1, 0.15) is 0 Å². The van der Waals surface area contributed by atoms with Crippen LogP contribution in [0.2, 0.25) is 0 Å². The van der Waals surface area contributed by atoms with Gasteiger partial charge in [0.15, 0.2) is 16.9 Å². The number of ether oxygens (including phenoxy) is 1. The average Bonchev–Trinajstić information content (AvgIpc) is 3.27. The van der Waals surface area contributed by atoms with Crippen LogP contribution in [0.3, 0.4) is 0 Å². The van der Waals surface area contributed by atoms with Crippen molar-refractivity contribution in [3.05, 3.63) is 58.4 Å². The Kier molecular flexibility index (Phi) is 6.28. The maximum Gasteiger partial charge on any atom is 0.358 e. The Bertz CT molecular complexity index is 1010. The van der Waals surface area contributed by atoms with Crippen molar-refractivity contribution in [1.82, 2.24) is 14.8 Å². The SMILES string of the molecule is Cc1nn(C)c(C)c1NC(=O)[C@@H](C)OC(=O)c1csc(NCc2ccccc2)n1. The van der Waals surface area contributed by atoms with Crippen LogP contribution in [0.5, 0.6) is 0 Å². The summed E-state index contributed by atoms with van der Waals surface area (Å²) in [6, 6.07) is 9.88. The quantitative estimate of drug-likeness (QED) is 0.577. The Morgan fingerprint density at radius 2 is 1.97 bits per heavy atom. The van der Waals surface area contributed by atoms with Gasteiger partial charge in [-0.15, -0.1) is 11.3 Å². The number of nitrogens with one attached hydrogen (secondary N) is 2. The standard InChI is InChI=1S/C20H23N5O3S/c1-12-17(13(2)25(4)24-12)23-18(26)14(3)28-19(27)16-11-29-20(22-16)21-10-15-8-6-5-7-9-15/h5-9,11,14H,10H2,1-4H3,(H,21,22)(H,23,26)/t14-/m1/s1. The van der Waals surface area contributed by atoms with E-state index in [1.807, 2.05) is 37.3 Å². The highest BCUT2D eigenvalue weighted by Crippen LogP contribution is 2.20. The molecule has 0 unspecified atom stereocenters. The molecule has 8 nitrogen and oxygen atoms in total. The first-order valence-electron chi connectivity index (χ1n) is 9.10. The van der Waals surface area contributed by atoms with Gasteiger partial charge in [-0.3, -0.25) is 9.48 Å². The molecule has 29 heavy (non-hydrogen) atoms. The van der Waals surface area contributed by atoms with Crippen molar-refractivity contribution < 1.29 is 14.3 Å². The number of hydrogen-bond acceptors (Lipinski definition) is 7. The van der Waals surface area contributed by atoms with Crippen molar-refractivity contribution in [2.24, 2.45) is 7.05 Å². The maximum absolute atomic E-state index is 12.4. The smallest absolute Gasteiger partial charge is 0.358 e. The van der Waals surface area contributed by atoms with Crippen LogP contribution in [-0.2, 0) is 23.1 Å². The number of aryl methyl sites for hydroxylation is 2. The number of carbonyl (C=O) groups excluding carboxylic acids is 2. The lowest BCUT2D eigenvalue weighted by Gasteiger charge is -2.13. The van der Waals surface area contributed by atoms with Gasteiger partial charge in [0.2, 0.25) is 0 Å². The predicted octanol–water partition coefficient (Wildman–Crippen LogP) is 3.29. The van der Waals surface area contributed by atoms with Crippen LogP contribution in [0.1, 0.15) is 34.4 Å². The van der Waals surface area contributed by atoms with E-state index in [-0.39, 0.29) is 5.69 Å². The highest BCUT2D eigenvalue weighted by Gasteiger charge is 2.23. The van der Waals surface area contributed by atoms with Crippen molar-refractivity contribution in [1.29, 1.82) is 0 Å². The number of thiazole rings is 1. The van der Waals surface area contributed by atoms with Gasteiger partial charge < -0.3 is 15.4 Å². The molecule has 0 radical (unpaired) electrons. The van der Waals surface area contributed by atoms with Gasteiger partial charge in [0.05, 0.1) is 17.1 Å².